The van der Waals surface area contributed by atoms with Gasteiger partial charge in [0.2, 0.25) is 11.8 Å². The number of carbonyl (C=O) groups is 2. The van der Waals surface area contributed by atoms with E-state index in [-0.39, 0.29) is 35.2 Å². The molecule has 4 atom stereocenters. The Balaban J connectivity index is 1.72. The normalized spacial score (nSPS) is 35.5. The summed E-state index contributed by atoms with van der Waals surface area (Å²) in [6.45, 7) is 2.11. The van der Waals surface area contributed by atoms with E-state index >= 15 is 0 Å². The fourth-order valence-corrected chi connectivity index (χ4v) is 4.85. The average molecular weight is 325 g/mol. The molecule has 2 amide bonds. The van der Waals surface area contributed by atoms with E-state index in [9.17, 15) is 9.59 Å². The van der Waals surface area contributed by atoms with Gasteiger partial charge in [-0.1, -0.05) is 24.3 Å². The SMILES string of the molecule is COC1(C)CCCC2C1=CC[C@@H]1C(=O)N(c3ccccc3)C(=O)[C@H]21. The second-order valence-electron chi connectivity index (χ2n) is 7.31. The first-order chi connectivity index (χ1) is 11.6. The molecule has 0 spiro atoms. The second-order valence-corrected chi connectivity index (χ2v) is 7.31. The molecule has 0 N–H and O–H groups in total. The Morgan fingerprint density at radius 3 is 2.58 bits per heavy atom. The van der Waals surface area contributed by atoms with Crippen molar-refractivity contribution in [3.8, 4) is 0 Å². The van der Waals surface area contributed by atoms with E-state index in [2.05, 4.69) is 13.0 Å². The maximum atomic E-state index is 13.1. The summed E-state index contributed by atoms with van der Waals surface area (Å²) < 4.78 is 5.79. The average Bonchev–Trinajstić information content (AvgIpc) is 2.87. The fourth-order valence-electron chi connectivity index (χ4n) is 4.85. The first kappa shape index (κ1) is 15.6. The van der Waals surface area contributed by atoms with E-state index < -0.39 is 0 Å². The van der Waals surface area contributed by atoms with E-state index in [1.54, 1.807) is 7.11 Å². The Morgan fingerprint density at radius 1 is 1.12 bits per heavy atom. The van der Waals surface area contributed by atoms with Gasteiger partial charge >= 0.3 is 0 Å². The zero-order chi connectivity index (χ0) is 16.9. The molecule has 0 aromatic heterocycles. The monoisotopic (exact) mass is 325 g/mol. The number of methoxy groups -OCH3 is 1. The maximum Gasteiger partial charge on any atom is 0.238 e. The molecule has 24 heavy (non-hydrogen) atoms. The largest absolute Gasteiger partial charge is 0.374 e. The molecule has 1 saturated carbocycles. The van der Waals surface area contributed by atoms with Crippen molar-refractivity contribution in [1.29, 1.82) is 0 Å². The van der Waals surface area contributed by atoms with Crippen LogP contribution in [0.5, 0.6) is 0 Å². The quantitative estimate of drug-likeness (QED) is 0.619. The molecule has 4 rings (SSSR count). The van der Waals surface area contributed by atoms with Crippen molar-refractivity contribution in [3.63, 3.8) is 0 Å². The van der Waals surface area contributed by atoms with Crippen molar-refractivity contribution in [3.05, 3.63) is 42.0 Å². The summed E-state index contributed by atoms with van der Waals surface area (Å²) in [5.41, 5.74) is 1.62. The zero-order valence-corrected chi connectivity index (χ0v) is 14.2. The highest BCUT2D eigenvalue weighted by atomic mass is 16.5. The van der Waals surface area contributed by atoms with Crippen LogP contribution in [0.25, 0.3) is 0 Å². The van der Waals surface area contributed by atoms with E-state index in [0.717, 1.165) is 19.3 Å². The van der Waals surface area contributed by atoms with E-state index in [1.807, 2.05) is 30.3 Å². The third kappa shape index (κ3) is 2.09. The lowest BCUT2D eigenvalue weighted by Crippen LogP contribution is -2.44. The lowest BCUT2D eigenvalue weighted by atomic mass is 9.63. The van der Waals surface area contributed by atoms with Crippen LogP contribution < -0.4 is 4.90 Å². The molecule has 1 heterocycles. The summed E-state index contributed by atoms with van der Waals surface area (Å²) in [4.78, 5) is 27.5. The summed E-state index contributed by atoms with van der Waals surface area (Å²) in [6, 6.07) is 9.30. The number of rotatable bonds is 2. The Bertz CT molecular complexity index is 711. The van der Waals surface area contributed by atoms with Crippen LogP contribution in [0.15, 0.2) is 42.0 Å². The van der Waals surface area contributed by atoms with Gasteiger partial charge in [0.1, 0.15) is 0 Å². The maximum absolute atomic E-state index is 13.1. The first-order valence-corrected chi connectivity index (χ1v) is 8.75. The highest BCUT2D eigenvalue weighted by molar-refractivity contribution is 6.22. The van der Waals surface area contributed by atoms with Gasteiger partial charge in [-0.3, -0.25) is 14.5 Å². The number of ether oxygens (including phenoxy) is 1. The molecule has 3 aliphatic rings. The number of allylic oxidation sites excluding steroid dienone is 1. The van der Waals surface area contributed by atoms with Crippen molar-refractivity contribution in [2.24, 2.45) is 17.8 Å². The summed E-state index contributed by atoms with van der Waals surface area (Å²) in [5, 5.41) is 0. The molecule has 2 unspecified atom stereocenters. The Morgan fingerprint density at radius 2 is 1.88 bits per heavy atom. The van der Waals surface area contributed by atoms with Crippen molar-refractivity contribution >= 4 is 17.5 Å². The van der Waals surface area contributed by atoms with Gasteiger partial charge in [0.05, 0.1) is 23.1 Å². The summed E-state index contributed by atoms with van der Waals surface area (Å²) in [5.74, 6) is -0.394. The standard InChI is InChI=1S/C20H23NO3/c1-20(24-2)12-6-9-14-16(20)11-10-15-17(14)19(23)21(18(15)22)13-7-4-3-5-8-13/h3-5,7-8,11,14-15,17H,6,9-10,12H2,1-2H3/t14?,15-,17+,20?/m0/s1. The number of hydrogen-bond acceptors (Lipinski definition) is 3. The Hall–Kier alpha value is -1.94. The highest BCUT2D eigenvalue weighted by Crippen LogP contribution is 2.51. The number of carbonyl (C=O) groups excluding carboxylic acids is 2. The Kier molecular flexibility index (Phi) is 3.61. The number of fused-ring (bicyclic) bond motifs is 3. The summed E-state index contributed by atoms with van der Waals surface area (Å²) >= 11 is 0. The van der Waals surface area contributed by atoms with Crippen LogP contribution in [-0.2, 0) is 14.3 Å². The highest BCUT2D eigenvalue weighted by Gasteiger charge is 2.56. The molecule has 4 nitrogen and oxygen atoms in total. The van der Waals surface area contributed by atoms with Crippen LogP contribution >= 0.6 is 0 Å². The number of benzene rings is 1. The van der Waals surface area contributed by atoms with Gasteiger partial charge in [-0.25, -0.2) is 0 Å². The van der Waals surface area contributed by atoms with Crippen molar-refractivity contribution in [1.82, 2.24) is 0 Å². The first-order valence-electron chi connectivity index (χ1n) is 8.75. The Labute approximate surface area is 142 Å². The molecular weight excluding hydrogens is 302 g/mol. The number of para-hydroxylation sites is 1. The van der Waals surface area contributed by atoms with Gasteiger partial charge in [-0.15, -0.1) is 0 Å². The molecular formula is C20H23NO3. The lowest BCUT2D eigenvalue weighted by molar-refractivity contribution is -0.123. The van der Waals surface area contributed by atoms with Gasteiger partial charge in [0, 0.05) is 7.11 Å². The van der Waals surface area contributed by atoms with Gasteiger partial charge in [0.15, 0.2) is 0 Å². The fraction of sp³-hybridized carbons (Fsp3) is 0.500. The van der Waals surface area contributed by atoms with Gasteiger partial charge in [-0.05, 0) is 56.2 Å². The summed E-state index contributed by atoms with van der Waals surface area (Å²) in [7, 11) is 1.74. The predicted octanol–water partition coefficient (Wildman–Crippen LogP) is 3.33. The number of imide groups is 1. The van der Waals surface area contributed by atoms with Crippen molar-refractivity contribution in [2.45, 2.75) is 38.2 Å². The van der Waals surface area contributed by atoms with E-state index in [1.165, 1.54) is 10.5 Å². The molecule has 1 aromatic carbocycles. The molecule has 1 aliphatic heterocycles. The smallest absolute Gasteiger partial charge is 0.238 e. The van der Waals surface area contributed by atoms with Gasteiger partial charge in [0.25, 0.3) is 0 Å². The van der Waals surface area contributed by atoms with E-state index in [4.69, 9.17) is 4.74 Å². The number of anilines is 1. The molecule has 1 saturated heterocycles. The van der Waals surface area contributed by atoms with Crippen LogP contribution in [0, 0.1) is 17.8 Å². The molecule has 0 bridgehead atoms. The van der Waals surface area contributed by atoms with Gasteiger partial charge in [-0.2, -0.15) is 0 Å². The molecule has 1 aromatic rings. The topological polar surface area (TPSA) is 46.6 Å². The van der Waals surface area contributed by atoms with Crippen molar-refractivity contribution < 1.29 is 14.3 Å². The van der Waals surface area contributed by atoms with Crippen LogP contribution in [0.4, 0.5) is 5.69 Å². The molecule has 2 aliphatic carbocycles. The second kappa shape index (κ2) is 5.55. The van der Waals surface area contributed by atoms with Crippen LogP contribution in [0.1, 0.15) is 32.6 Å². The van der Waals surface area contributed by atoms with Crippen LogP contribution in [0.3, 0.4) is 0 Å². The number of nitrogens with zero attached hydrogens (tertiary/aromatic N) is 1. The van der Waals surface area contributed by atoms with Crippen molar-refractivity contribution in [2.75, 3.05) is 12.0 Å². The van der Waals surface area contributed by atoms with Crippen LogP contribution in [-0.4, -0.2) is 24.5 Å². The minimum absolute atomic E-state index is 0.0350. The zero-order valence-electron chi connectivity index (χ0n) is 14.2. The molecule has 4 heteroatoms. The third-order valence-electron chi connectivity index (χ3n) is 6.15. The molecule has 2 fully saturated rings. The van der Waals surface area contributed by atoms with Gasteiger partial charge < -0.3 is 4.74 Å². The number of amides is 2. The van der Waals surface area contributed by atoms with Crippen LogP contribution in [0.2, 0.25) is 0 Å². The molecule has 0 radical (unpaired) electrons. The minimum Gasteiger partial charge on any atom is -0.374 e. The number of hydrogen-bond donors (Lipinski definition) is 0. The van der Waals surface area contributed by atoms with E-state index in [0.29, 0.717) is 12.1 Å². The third-order valence-corrected chi connectivity index (χ3v) is 6.15. The minimum atomic E-state index is -0.294. The molecule has 126 valence electrons. The summed E-state index contributed by atoms with van der Waals surface area (Å²) in [6.07, 6.45) is 5.79. The predicted molar refractivity (Wildman–Crippen MR) is 91.4 cm³/mol. The lowest BCUT2D eigenvalue weighted by Gasteiger charge is -2.45.